The zero-order chi connectivity index (χ0) is 26.4. The average Bonchev–Trinajstić information content (AvgIpc) is 2.91. The molecule has 2 aliphatic heterocycles. The monoisotopic (exact) mass is 514 g/mol. The van der Waals surface area contributed by atoms with Gasteiger partial charge in [0.05, 0.1) is 25.8 Å². The highest BCUT2D eigenvalue weighted by Crippen LogP contribution is 2.36. The van der Waals surface area contributed by atoms with Gasteiger partial charge in [-0.1, -0.05) is 12.2 Å². The van der Waals surface area contributed by atoms with Gasteiger partial charge in [0.15, 0.2) is 6.61 Å². The molecule has 0 spiro atoms. The van der Waals surface area contributed by atoms with Gasteiger partial charge in [0.2, 0.25) is 0 Å². The zero-order valence-corrected chi connectivity index (χ0v) is 21.1. The molecule has 2 aromatic carbocycles. The lowest BCUT2D eigenvalue weighted by atomic mass is 9.82. The van der Waals surface area contributed by atoms with E-state index in [1.807, 2.05) is 0 Å². The Morgan fingerprint density at radius 3 is 2.81 bits per heavy atom. The summed E-state index contributed by atoms with van der Waals surface area (Å²) in [7, 11) is 2.97. The van der Waals surface area contributed by atoms with E-state index in [4.69, 9.17) is 14.2 Å². The highest BCUT2D eigenvalue weighted by atomic mass is 19.1. The molecule has 0 aromatic heterocycles. The predicted molar refractivity (Wildman–Crippen MR) is 136 cm³/mol. The van der Waals surface area contributed by atoms with Crippen LogP contribution in [-0.4, -0.2) is 63.8 Å². The van der Waals surface area contributed by atoms with Crippen LogP contribution in [0.3, 0.4) is 0 Å². The van der Waals surface area contributed by atoms with Crippen LogP contribution < -0.4 is 14.4 Å². The lowest BCUT2D eigenvalue weighted by molar-refractivity contribution is -0.149. The fourth-order valence-electron chi connectivity index (χ4n) is 5.03. The summed E-state index contributed by atoms with van der Waals surface area (Å²) in [5.74, 6) is -0.228. The molecular weight excluding hydrogens is 482 g/mol. The van der Waals surface area contributed by atoms with Gasteiger partial charge in [-0.05, 0) is 62.1 Å². The third-order valence-corrected chi connectivity index (χ3v) is 7.03. The summed E-state index contributed by atoms with van der Waals surface area (Å²) in [6, 6.07) is 8.74. The molecule has 0 N–H and O–H groups in total. The van der Waals surface area contributed by atoms with Crippen molar-refractivity contribution in [3.05, 3.63) is 59.7 Å². The van der Waals surface area contributed by atoms with Gasteiger partial charge < -0.3 is 19.1 Å². The van der Waals surface area contributed by atoms with Crippen molar-refractivity contribution in [3.63, 3.8) is 0 Å². The van der Waals surface area contributed by atoms with Gasteiger partial charge in [0, 0.05) is 31.3 Å². The van der Waals surface area contributed by atoms with E-state index in [1.54, 1.807) is 42.4 Å². The van der Waals surface area contributed by atoms with Gasteiger partial charge in [0.1, 0.15) is 23.1 Å². The van der Waals surface area contributed by atoms with E-state index in [2.05, 4.69) is 4.90 Å². The Kier molecular flexibility index (Phi) is 8.76. The van der Waals surface area contributed by atoms with Crippen LogP contribution in [0.2, 0.25) is 0 Å². The van der Waals surface area contributed by atoms with E-state index in [9.17, 15) is 18.4 Å². The summed E-state index contributed by atoms with van der Waals surface area (Å²) in [6.07, 6.45) is 5.62. The number of piperidine rings is 1. The first kappa shape index (κ1) is 26.6. The van der Waals surface area contributed by atoms with Crippen LogP contribution in [0.1, 0.15) is 24.8 Å². The normalized spacial score (nSPS) is 20.0. The number of carbonyl (C=O) groups excluding carboxylic acids is 2. The van der Waals surface area contributed by atoms with Crippen molar-refractivity contribution in [3.8, 4) is 11.5 Å². The fraction of sp³-hybridized carbons (Fsp3) is 0.429. The highest BCUT2D eigenvalue weighted by molar-refractivity contribution is 5.98. The number of esters is 1. The first-order valence-electron chi connectivity index (χ1n) is 12.4. The molecule has 2 atom stereocenters. The number of hydrogen-bond acceptors (Lipinski definition) is 6. The van der Waals surface area contributed by atoms with Crippen LogP contribution >= 0.6 is 0 Å². The van der Waals surface area contributed by atoms with Gasteiger partial charge in [-0.25, -0.2) is 8.78 Å². The molecule has 0 unspecified atom stereocenters. The molecular formula is C28H32F2N2O5. The second kappa shape index (κ2) is 12.2. The Hall–Kier alpha value is -3.46. The van der Waals surface area contributed by atoms with Crippen molar-refractivity contribution in [2.45, 2.75) is 19.3 Å². The summed E-state index contributed by atoms with van der Waals surface area (Å²) >= 11 is 0. The molecule has 0 bridgehead atoms. The number of ether oxygens (including phenoxy) is 3. The Balaban J connectivity index is 1.35. The summed E-state index contributed by atoms with van der Waals surface area (Å²) < 4.78 is 43.2. The lowest BCUT2D eigenvalue weighted by Crippen LogP contribution is -2.44. The predicted octanol–water partition coefficient (Wildman–Crippen LogP) is 4.30. The van der Waals surface area contributed by atoms with Crippen molar-refractivity contribution in [2.75, 3.05) is 51.9 Å². The second-order valence-corrected chi connectivity index (χ2v) is 9.32. The summed E-state index contributed by atoms with van der Waals surface area (Å²) in [5, 5.41) is 0. The third kappa shape index (κ3) is 6.46. The van der Waals surface area contributed by atoms with Crippen molar-refractivity contribution in [1.29, 1.82) is 0 Å². The minimum absolute atomic E-state index is 0.00442. The topological polar surface area (TPSA) is 68.3 Å². The van der Waals surface area contributed by atoms with Crippen LogP contribution in [0.25, 0.3) is 6.08 Å². The molecule has 2 aliphatic rings. The van der Waals surface area contributed by atoms with E-state index in [0.717, 1.165) is 44.0 Å². The van der Waals surface area contributed by atoms with Crippen LogP contribution in [0, 0.1) is 23.5 Å². The van der Waals surface area contributed by atoms with Gasteiger partial charge in [0.25, 0.3) is 5.91 Å². The summed E-state index contributed by atoms with van der Waals surface area (Å²) in [4.78, 5) is 29.0. The molecule has 198 valence electrons. The highest BCUT2D eigenvalue weighted by Gasteiger charge is 2.35. The van der Waals surface area contributed by atoms with Crippen LogP contribution in [-0.2, 0) is 14.3 Å². The lowest BCUT2D eigenvalue weighted by Gasteiger charge is -2.37. The van der Waals surface area contributed by atoms with E-state index >= 15 is 0 Å². The number of methoxy groups -OCH3 is 2. The number of amides is 1. The molecule has 4 rings (SSSR count). The van der Waals surface area contributed by atoms with Gasteiger partial charge in [-0.2, -0.15) is 0 Å². The van der Waals surface area contributed by atoms with Crippen molar-refractivity contribution < 1.29 is 32.6 Å². The number of nitrogens with zero attached hydrogens (tertiary/aromatic N) is 2. The number of halogens is 2. The smallest absolute Gasteiger partial charge is 0.310 e. The maximum atomic E-state index is 13.9. The SMILES string of the molecule is COC(=O)[C@H]1CN(C/C=C/c2cc(F)ccc2F)CC[C@H]1CCCN1C(=O)COc2ccc(OC)cc21. The van der Waals surface area contributed by atoms with Crippen molar-refractivity contribution in [2.24, 2.45) is 11.8 Å². The molecule has 1 fully saturated rings. The molecule has 7 nitrogen and oxygen atoms in total. The van der Waals surface area contributed by atoms with Crippen molar-refractivity contribution >= 4 is 23.6 Å². The number of rotatable bonds is 9. The zero-order valence-electron chi connectivity index (χ0n) is 21.1. The minimum Gasteiger partial charge on any atom is -0.497 e. The van der Waals surface area contributed by atoms with Gasteiger partial charge in [-0.3, -0.25) is 14.5 Å². The molecule has 1 saturated heterocycles. The number of hydrogen-bond donors (Lipinski definition) is 0. The second-order valence-electron chi connectivity index (χ2n) is 9.32. The van der Waals surface area contributed by atoms with Crippen LogP contribution in [0.15, 0.2) is 42.5 Å². The van der Waals surface area contributed by atoms with Crippen LogP contribution in [0.5, 0.6) is 11.5 Å². The molecule has 0 aliphatic carbocycles. The number of benzene rings is 2. The molecule has 0 saturated carbocycles. The fourth-order valence-corrected chi connectivity index (χ4v) is 5.03. The van der Waals surface area contributed by atoms with E-state index < -0.39 is 11.6 Å². The van der Waals surface area contributed by atoms with Gasteiger partial charge in [-0.15, -0.1) is 0 Å². The molecule has 9 heteroatoms. The average molecular weight is 515 g/mol. The number of anilines is 1. The Bertz CT molecular complexity index is 1160. The maximum absolute atomic E-state index is 13.9. The molecule has 0 radical (unpaired) electrons. The van der Waals surface area contributed by atoms with E-state index in [1.165, 1.54) is 7.11 Å². The largest absolute Gasteiger partial charge is 0.497 e. The van der Waals surface area contributed by atoms with Crippen molar-refractivity contribution in [1.82, 2.24) is 4.90 Å². The maximum Gasteiger partial charge on any atom is 0.310 e. The molecule has 37 heavy (non-hydrogen) atoms. The quantitative estimate of drug-likeness (QED) is 0.465. The Morgan fingerprint density at radius 1 is 1.19 bits per heavy atom. The molecule has 1 amide bonds. The summed E-state index contributed by atoms with van der Waals surface area (Å²) in [6.45, 7) is 2.31. The molecule has 2 aromatic rings. The first-order valence-corrected chi connectivity index (χ1v) is 12.4. The standard InChI is InChI=1S/C28H32F2N2O5/c1-35-22-8-10-26-25(16-22)32(27(33)18-37-26)13-4-5-19-11-14-31(17-23(19)28(34)36-2)12-3-6-20-15-21(29)7-9-24(20)30/h3,6-10,15-16,19,23H,4-5,11-14,17-18H2,1-2H3/b6-3+/t19-,23+/m1/s1. The van der Waals surface area contributed by atoms with Gasteiger partial charge >= 0.3 is 5.97 Å². The Labute approximate surface area is 215 Å². The minimum atomic E-state index is -0.492. The third-order valence-electron chi connectivity index (χ3n) is 7.03. The first-order chi connectivity index (χ1) is 17.9. The van der Waals surface area contributed by atoms with E-state index in [0.29, 0.717) is 36.8 Å². The number of likely N-dealkylation sites (tertiary alicyclic amines) is 1. The molecule has 2 heterocycles. The number of fused-ring (bicyclic) bond motifs is 1. The Morgan fingerprint density at radius 2 is 2.03 bits per heavy atom. The summed E-state index contributed by atoms with van der Waals surface area (Å²) in [5.41, 5.74) is 0.882. The number of carbonyl (C=O) groups is 2. The van der Waals surface area contributed by atoms with Crippen LogP contribution in [0.4, 0.5) is 14.5 Å². The van der Waals surface area contributed by atoms with E-state index in [-0.39, 0.29) is 35.9 Å².